The molecule has 0 fully saturated rings. The number of nitriles is 1. The second kappa shape index (κ2) is 4.77. The zero-order chi connectivity index (χ0) is 11.3. The number of nitrogens with two attached hydrogens (primary N) is 1. The number of benzene rings is 1. The Bertz CT molecular complexity index is 459. The van der Waals surface area contributed by atoms with E-state index in [1.807, 2.05) is 6.07 Å². The van der Waals surface area contributed by atoms with Crippen LogP contribution in [-0.2, 0) is 10.0 Å². The van der Waals surface area contributed by atoms with E-state index in [4.69, 9.17) is 11.0 Å². The summed E-state index contributed by atoms with van der Waals surface area (Å²) in [6, 6.07) is 8.10. The van der Waals surface area contributed by atoms with E-state index in [9.17, 15) is 8.42 Å². The molecule has 3 N–H and O–H groups in total. The lowest BCUT2D eigenvalue weighted by Gasteiger charge is -2.06. The summed E-state index contributed by atoms with van der Waals surface area (Å²) in [5.41, 5.74) is 6.07. The van der Waals surface area contributed by atoms with Crippen LogP contribution in [0.5, 0.6) is 0 Å². The largest absolute Gasteiger partial charge is 0.329 e. The minimum absolute atomic E-state index is 0.0750. The van der Waals surface area contributed by atoms with Crippen molar-refractivity contribution >= 4 is 15.7 Å². The third-order valence-electron chi connectivity index (χ3n) is 1.67. The molecule has 6 heteroatoms. The van der Waals surface area contributed by atoms with Crippen molar-refractivity contribution in [2.75, 3.05) is 17.0 Å². The molecule has 0 saturated carbocycles. The first kappa shape index (κ1) is 11.5. The van der Waals surface area contributed by atoms with Gasteiger partial charge in [-0.05, 0) is 24.3 Å². The van der Waals surface area contributed by atoms with Gasteiger partial charge in [-0.2, -0.15) is 5.26 Å². The van der Waals surface area contributed by atoms with E-state index in [-0.39, 0.29) is 12.3 Å². The molecule has 0 heterocycles. The van der Waals surface area contributed by atoms with Gasteiger partial charge in [0, 0.05) is 12.2 Å². The van der Waals surface area contributed by atoms with Crippen molar-refractivity contribution in [3.8, 4) is 6.07 Å². The molecule has 0 atom stereocenters. The number of anilines is 1. The molecule has 15 heavy (non-hydrogen) atoms. The number of hydrogen-bond acceptors (Lipinski definition) is 4. The van der Waals surface area contributed by atoms with Crippen molar-refractivity contribution in [1.29, 1.82) is 5.26 Å². The molecular weight excluding hydrogens is 214 g/mol. The monoisotopic (exact) mass is 225 g/mol. The molecule has 1 rings (SSSR count). The Morgan fingerprint density at radius 3 is 2.40 bits per heavy atom. The maximum absolute atomic E-state index is 11.3. The van der Waals surface area contributed by atoms with Gasteiger partial charge in [-0.15, -0.1) is 0 Å². The van der Waals surface area contributed by atoms with E-state index in [1.165, 1.54) is 12.1 Å². The number of nitrogens with one attached hydrogen (secondary N) is 1. The van der Waals surface area contributed by atoms with Crippen LogP contribution in [0.2, 0.25) is 0 Å². The molecular formula is C9H11N3O2S. The van der Waals surface area contributed by atoms with E-state index in [2.05, 4.69) is 4.72 Å². The molecule has 0 aliphatic rings. The van der Waals surface area contributed by atoms with Gasteiger partial charge in [-0.1, -0.05) is 0 Å². The zero-order valence-corrected chi connectivity index (χ0v) is 8.79. The van der Waals surface area contributed by atoms with Crippen molar-refractivity contribution in [2.24, 2.45) is 5.73 Å². The van der Waals surface area contributed by atoms with Gasteiger partial charge in [0.25, 0.3) is 0 Å². The SMILES string of the molecule is N#Cc1ccc(NS(=O)(=O)CCN)cc1. The summed E-state index contributed by atoms with van der Waals surface area (Å²) < 4.78 is 24.9. The van der Waals surface area contributed by atoms with Gasteiger partial charge in [0.2, 0.25) is 10.0 Å². The summed E-state index contributed by atoms with van der Waals surface area (Å²) in [7, 11) is -3.36. The van der Waals surface area contributed by atoms with Crippen LogP contribution in [-0.4, -0.2) is 20.7 Å². The van der Waals surface area contributed by atoms with E-state index in [1.54, 1.807) is 12.1 Å². The van der Waals surface area contributed by atoms with Crippen molar-refractivity contribution in [3.63, 3.8) is 0 Å². The van der Waals surface area contributed by atoms with Gasteiger partial charge in [-0.3, -0.25) is 4.72 Å². The summed E-state index contributed by atoms with van der Waals surface area (Å²) >= 11 is 0. The standard InChI is InChI=1S/C9H11N3O2S/c10-5-6-15(13,14)12-9-3-1-8(7-11)2-4-9/h1-4,12H,5-6,10H2. The summed E-state index contributed by atoms with van der Waals surface area (Å²) in [6.07, 6.45) is 0. The van der Waals surface area contributed by atoms with Gasteiger partial charge < -0.3 is 5.73 Å². The lowest BCUT2D eigenvalue weighted by atomic mass is 10.2. The second-order valence-electron chi connectivity index (χ2n) is 2.90. The average Bonchev–Trinajstić information content (AvgIpc) is 2.18. The van der Waals surface area contributed by atoms with Crippen LogP contribution in [0, 0.1) is 11.3 Å². The highest BCUT2D eigenvalue weighted by molar-refractivity contribution is 7.92. The van der Waals surface area contributed by atoms with Crippen LogP contribution in [0.25, 0.3) is 0 Å². The first-order chi connectivity index (χ1) is 7.07. The molecule has 5 nitrogen and oxygen atoms in total. The maximum atomic E-state index is 11.3. The highest BCUT2D eigenvalue weighted by atomic mass is 32.2. The van der Waals surface area contributed by atoms with Crippen molar-refractivity contribution in [2.45, 2.75) is 0 Å². The van der Waals surface area contributed by atoms with Crippen molar-refractivity contribution in [1.82, 2.24) is 0 Å². The fraction of sp³-hybridized carbons (Fsp3) is 0.222. The smallest absolute Gasteiger partial charge is 0.233 e. The fourth-order valence-electron chi connectivity index (χ4n) is 0.999. The lowest BCUT2D eigenvalue weighted by Crippen LogP contribution is -2.22. The van der Waals surface area contributed by atoms with E-state index in [0.29, 0.717) is 11.3 Å². The zero-order valence-electron chi connectivity index (χ0n) is 7.97. The van der Waals surface area contributed by atoms with Crippen molar-refractivity contribution in [3.05, 3.63) is 29.8 Å². The summed E-state index contributed by atoms with van der Waals surface area (Å²) in [5.74, 6) is -0.118. The average molecular weight is 225 g/mol. The van der Waals surface area contributed by atoms with Crippen LogP contribution < -0.4 is 10.5 Å². The Labute approximate surface area is 88.6 Å². The third-order valence-corrected chi connectivity index (χ3v) is 2.99. The molecule has 0 unspecified atom stereocenters. The number of nitrogens with zero attached hydrogens (tertiary/aromatic N) is 1. The van der Waals surface area contributed by atoms with Gasteiger partial charge in [0.1, 0.15) is 0 Å². The molecule has 0 radical (unpaired) electrons. The number of hydrogen-bond donors (Lipinski definition) is 2. The second-order valence-corrected chi connectivity index (χ2v) is 4.74. The molecule has 1 aromatic carbocycles. The Balaban J connectivity index is 2.78. The molecule has 0 bridgehead atoms. The molecule has 0 aromatic heterocycles. The quantitative estimate of drug-likeness (QED) is 0.768. The molecule has 0 aliphatic carbocycles. The molecule has 0 saturated heterocycles. The van der Waals surface area contributed by atoms with E-state index >= 15 is 0 Å². The minimum atomic E-state index is -3.36. The lowest BCUT2D eigenvalue weighted by molar-refractivity contribution is 0.601. The van der Waals surface area contributed by atoms with Gasteiger partial charge in [0.05, 0.1) is 17.4 Å². The summed E-state index contributed by atoms with van der Waals surface area (Å²) in [6.45, 7) is 0.0750. The minimum Gasteiger partial charge on any atom is -0.329 e. The predicted molar refractivity (Wildman–Crippen MR) is 57.6 cm³/mol. The molecule has 0 spiro atoms. The van der Waals surface area contributed by atoms with Gasteiger partial charge in [0.15, 0.2) is 0 Å². The number of sulfonamides is 1. The molecule has 1 aromatic rings. The number of rotatable bonds is 4. The van der Waals surface area contributed by atoms with Crippen molar-refractivity contribution < 1.29 is 8.42 Å². The normalized spacial score (nSPS) is 10.7. The van der Waals surface area contributed by atoms with Crippen LogP contribution in [0.3, 0.4) is 0 Å². The third kappa shape index (κ3) is 3.58. The first-order valence-corrected chi connectivity index (χ1v) is 5.93. The molecule has 0 amide bonds. The van der Waals surface area contributed by atoms with E-state index < -0.39 is 10.0 Å². The van der Waals surface area contributed by atoms with Crippen LogP contribution in [0.15, 0.2) is 24.3 Å². The van der Waals surface area contributed by atoms with Gasteiger partial charge in [-0.25, -0.2) is 8.42 Å². The van der Waals surface area contributed by atoms with Gasteiger partial charge >= 0.3 is 0 Å². The first-order valence-electron chi connectivity index (χ1n) is 4.28. The van der Waals surface area contributed by atoms with Crippen LogP contribution in [0.4, 0.5) is 5.69 Å². The predicted octanol–water partition coefficient (Wildman–Crippen LogP) is 0.259. The van der Waals surface area contributed by atoms with E-state index in [0.717, 1.165) is 0 Å². The Hall–Kier alpha value is -1.58. The highest BCUT2D eigenvalue weighted by Crippen LogP contribution is 2.10. The Kier molecular flexibility index (Phi) is 3.66. The Morgan fingerprint density at radius 2 is 1.93 bits per heavy atom. The summed E-state index contributed by atoms with van der Waals surface area (Å²) in [4.78, 5) is 0. The Morgan fingerprint density at radius 1 is 1.33 bits per heavy atom. The highest BCUT2D eigenvalue weighted by Gasteiger charge is 2.08. The van der Waals surface area contributed by atoms with Crippen LogP contribution >= 0.6 is 0 Å². The summed E-state index contributed by atoms with van der Waals surface area (Å²) in [5, 5.41) is 8.54. The topological polar surface area (TPSA) is 96.0 Å². The maximum Gasteiger partial charge on any atom is 0.233 e. The molecule has 80 valence electrons. The van der Waals surface area contributed by atoms with Crippen LogP contribution in [0.1, 0.15) is 5.56 Å². The fourth-order valence-corrected chi connectivity index (χ4v) is 1.91. The molecule has 0 aliphatic heterocycles.